The molecule has 0 radical (unpaired) electrons. The van der Waals surface area contributed by atoms with Crippen molar-refractivity contribution in [3.8, 4) is 5.75 Å². The van der Waals surface area contributed by atoms with Crippen molar-refractivity contribution in [3.63, 3.8) is 0 Å². The summed E-state index contributed by atoms with van der Waals surface area (Å²) in [5, 5.41) is 0. The van der Waals surface area contributed by atoms with Gasteiger partial charge < -0.3 is 14.5 Å². The van der Waals surface area contributed by atoms with E-state index in [0.29, 0.717) is 19.0 Å². The van der Waals surface area contributed by atoms with E-state index in [2.05, 4.69) is 33.8 Å². The Labute approximate surface area is 175 Å². The molecule has 2 saturated heterocycles. The molecule has 5 nitrogen and oxygen atoms in total. The summed E-state index contributed by atoms with van der Waals surface area (Å²) in [6, 6.07) is 7.92. The molecule has 1 aromatic carbocycles. The standard InChI is InChI=1S/C24H36N2O3/c1-18-9-13-26(14-10-18)23(28)19-11-15-25(16-12-19)22(27)17-29-21-8-6-5-7-20(21)24(2,3)4/h5-8,18-19H,9-17H2,1-4H3. The zero-order valence-corrected chi connectivity index (χ0v) is 18.4. The highest BCUT2D eigenvalue weighted by atomic mass is 16.5. The van der Waals surface area contributed by atoms with Gasteiger partial charge in [-0.05, 0) is 48.6 Å². The van der Waals surface area contributed by atoms with Crippen molar-refractivity contribution in [2.75, 3.05) is 32.8 Å². The average molecular weight is 401 g/mol. The van der Waals surface area contributed by atoms with E-state index in [9.17, 15) is 9.59 Å². The second kappa shape index (κ2) is 9.19. The summed E-state index contributed by atoms with van der Waals surface area (Å²) < 4.78 is 5.89. The Kier molecular flexibility index (Phi) is 6.86. The maximum absolute atomic E-state index is 12.8. The number of carbonyl (C=O) groups is 2. The molecule has 0 atom stereocenters. The molecular weight excluding hydrogens is 364 g/mol. The lowest BCUT2D eigenvalue weighted by Gasteiger charge is -2.36. The van der Waals surface area contributed by atoms with E-state index >= 15 is 0 Å². The Morgan fingerprint density at radius 3 is 2.17 bits per heavy atom. The van der Waals surface area contributed by atoms with Crippen molar-refractivity contribution in [2.24, 2.45) is 11.8 Å². The summed E-state index contributed by atoms with van der Waals surface area (Å²) in [6.07, 6.45) is 3.73. The Morgan fingerprint density at radius 2 is 1.55 bits per heavy atom. The van der Waals surface area contributed by atoms with Gasteiger partial charge in [0.05, 0.1) is 0 Å². The first kappa shape index (κ1) is 21.7. The van der Waals surface area contributed by atoms with Gasteiger partial charge in [-0.3, -0.25) is 9.59 Å². The first-order valence-corrected chi connectivity index (χ1v) is 11.0. The van der Waals surface area contributed by atoms with Gasteiger partial charge in [-0.2, -0.15) is 0 Å². The van der Waals surface area contributed by atoms with Crippen LogP contribution in [0.2, 0.25) is 0 Å². The highest BCUT2D eigenvalue weighted by Crippen LogP contribution is 2.31. The number of carbonyl (C=O) groups excluding carboxylic acids is 2. The lowest BCUT2D eigenvalue weighted by Crippen LogP contribution is -2.47. The number of piperidine rings is 2. The molecule has 0 aliphatic carbocycles. The summed E-state index contributed by atoms with van der Waals surface area (Å²) in [7, 11) is 0. The minimum absolute atomic E-state index is 0.00593. The quantitative estimate of drug-likeness (QED) is 0.771. The predicted octanol–water partition coefficient (Wildman–Crippen LogP) is 3.86. The highest BCUT2D eigenvalue weighted by molar-refractivity contribution is 5.80. The third kappa shape index (κ3) is 5.52. The molecule has 3 rings (SSSR count). The van der Waals surface area contributed by atoms with Crippen molar-refractivity contribution < 1.29 is 14.3 Å². The molecule has 1 aromatic rings. The van der Waals surface area contributed by atoms with Crippen LogP contribution in [0.25, 0.3) is 0 Å². The van der Waals surface area contributed by atoms with Crippen LogP contribution in [-0.2, 0) is 15.0 Å². The lowest BCUT2D eigenvalue weighted by molar-refractivity contribution is -0.142. The van der Waals surface area contributed by atoms with Crippen molar-refractivity contribution in [1.29, 1.82) is 0 Å². The summed E-state index contributed by atoms with van der Waals surface area (Å²) in [5.41, 5.74) is 1.07. The third-order valence-corrected chi connectivity index (χ3v) is 6.34. The maximum atomic E-state index is 12.8. The number of para-hydroxylation sites is 1. The Hall–Kier alpha value is -2.04. The van der Waals surface area contributed by atoms with Crippen LogP contribution in [0.4, 0.5) is 0 Å². The minimum atomic E-state index is -0.0371. The molecule has 2 aliphatic heterocycles. The monoisotopic (exact) mass is 400 g/mol. The number of ether oxygens (including phenoxy) is 1. The topological polar surface area (TPSA) is 49.9 Å². The van der Waals surface area contributed by atoms with Crippen LogP contribution in [0.15, 0.2) is 24.3 Å². The molecule has 0 unspecified atom stereocenters. The maximum Gasteiger partial charge on any atom is 0.260 e. The van der Waals surface area contributed by atoms with E-state index in [-0.39, 0.29) is 23.8 Å². The van der Waals surface area contributed by atoms with Gasteiger partial charge >= 0.3 is 0 Å². The number of rotatable bonds is 4. The van der Waals surface area contributed by atoms with Gasteiger partial charge in [-0.25, -0.2) is 0 Å². The molecule has 2 amide bonds. The van der Waals surface area contributed by atoms with E-state index in [1.165, 1.54) is 0 Å². The summed E-state index contributed by atoms with van der Waals surface area (Å²) in [5.74, 6) is 1.86. The molecule has 0 bridgehead atoms. The van der Waals surface area contributed by atoms with E-state index in [1.54, 1.807) is 0 Å². The predicted molar refractivity (Wildman–Crippen MR) is 115 cm³/mol. The first-order chi connectivity index (χ1) is 13.8. The van der Waals surface area contributed by atoms with Crippen LogP contribution in [0.1, 0.15) is 58.9 Å². The van der Waals surface area contributed by atoms with Crippen LogP contribution in [-0.4, -0.2) is 54.4 Å². The minimum Gasteiger partial charge on any atom is -0.483 e. The Bertz CT molecular complexity index is 709. The van der Waals surface area contributed by atoms with Gasteiger partial charge in [0.25, 0.3) is 5.91 Å². The van der Waals surface area contributed by atoms with E-state index < -0.39 is 0 Å². The van der Waals surface area contributed by atoms with E-state index in [0.717, 1.165) is 56.0 Å². The van der Waals surface area contributed by atoms with Crippen LogP contribution < -0.4 is 4.74 Å². The zero-order chi connectivity index (χ0) is 21.0. The Balaban J connectivity index is 1.48. The smallest absolute Gasteiger partial charge is 0.260 e. The molecule has 0 spiro atoms. The van der Waals surface area contributed by atoms with Crippen LogP contribution in [0.3, 0.4) is 0 Å². The Morgan fingerprint density at radius 1 is 0.966 bits per heavy atom. The third-order valence-electron chi connectivity index (χ3n) is 6.34. The van der Waals surface area contributed by atoms with Gasteiger partial charge in [-0.1, -0.05) is 45.9 Å². The molecule has 29 heavy (non-hydrogen) atoms. The molecular formula is C24H36N2O3. The fourth-order valence-corrected chi connectivity index (χ4v) is 4.31. The number of nitrogens with zero attached hydrogens (tertiary/aromatic N) is 2. The van der Waals surface area contributed by atoms with Gasteiger partial charge in [-0.15, -0.1) is 0 Å². The van der Waals surface area contributed by atoms with Gasteiger partial charge in [0.15, 0.2) is 6.61 Å². The fraction of sp³-hybridized carbons (Fsp3) is 0.667. The molecule has 0 saturated carbocycles. The number of hydrogen-bond acceptors (Lipinski definition) is 3. The molecule has 2 aliphatic rings. The summed E-state index contributed by atoms with van der Waals surface area (Å²) >= 11 is 0. The van der Waals surface area contributed by atoms with Crippen molar-refractivity contribution >= 4 is 11.8 Å². The van der Waals surface area contributed by atoms with Gasteiger partial charge in [0, 0.05) is 32.1 Å². The first-order valence-electron chi connectivity index (χ1n) is 11.0. The fourth-order valence-electron chi connectivity index (χ4n) is 4.31. The average Bonchev–Trinajstić information content (AvgIpc) is 2.71. The zero-order valence-electron chi connectivity index (χ0n) is 18.4. The van der Waals surface area contributed by atoms with Crippen molar-refractivity contribution in [2.45, 2.75) is 58.8 Å². The van der Waals surface area contributed by atoms with Gasteiger partial charge in [0.2, 0.25) is 5.91 Å². The normalized spacial score (nSPS) is 19.3. The summed E-state index contributed by atoms with van der Waals surface area (Å²) in [6.45, 7) is 11.8. The van der Waals surface area contributed by atoms with Crippen LogP contribution >= 0.6 is 0 Å². The SMILES string of the molecule is CC1CCN(C(=O)C2CCN(C(=O)COc3ccccc3C(C)(C)C)CC2)CC1. The molecule has 0 aromatic heterocycles. The molecule has 160 valence electrons. The molecule has 2 heterocycles. The second-order valence-corrected chi connectivity index (χ2v) is 9.70. The highest BCUT2D eigenvalue weighted by Gasteiger charge is 2.31. The summed E-state index contributed by atoms with van der Waals surface area (Å²) in [4.78, 5) is 29.3. The number of benzene rings is 1. The van der Waals surface area contributed by atoms with Gasteiger partial charge in [0.1, 0.15) is 5.75 Å². The van der Waals surface area contributed by atoms with Crippen LogP contribution in [0.5, 0.6) is 5.75 Å². The molecule has 2 fully saturated rings. The number of likely N-dealkylation sites (tertiary alicyclic amines) is 2. The second-order valence-electron chi connectivity index (χ2n) is 9.70. The van der Waals surface area contributed by atoms with Crippen LogP contribution in [0, 0.1) is 11.8 Å². The number of amides is 2. The molecule has 5 heteroatoms. The largest absolute Gasteiger partial charge is 0.483 e. The van der Waals surface area contributed by atoms with Crippen molar-refractivity contribution in [3.05, 3.63) is 29.8 Å². The lowest BCUT2D eigenvalue weighted by atomic mass is 9.86. The number of hydrogen-bond donors (Lipinski definition) is 0. The van der Waals surface area contributed by atoms with E-state index in [4.69, 9.17) is 4.74 Å². The van der Waals surface area contributed by atoms with E-state index in [1.807, 2.05) is 28.0 Å². The molecule has 0 N–H and O–H groups in total. The van der Waals surface area contributed by atoms with Crippen molar-refractivity contribution in [1.82, 2.24) is 9.80 Å².